The van der Waals surface area contributed by atoms with Gasteiger partial charge in [-0.05, 0) is 43.3 Å². The first kappa shape index (κ1) is 28.7. The van der Waals surface area contributed by atoms with Crippen LogP contribution in [0.2, 0.25) is 0 Å². The van der Waals surface area contributed by atoms with Gasteiger partial charge in [0.15, 0.2) is 0 Å². The van der Waals surface area contributed by atoms with Gasteiger partial charge in [0.1, 0.15) is 40.7 Å². The van der Waals surface area contributed by atoms with Crippen LogP contribution < -0.4 is 18.9 Å². The van der Waals surface area contributed by atoms with Crippen molar-refractivity contribution in [2.45, 2.75) is 0 Å². The van der Waals surface area contributed by atoms with Gasteiger partial charge in [-0.2, -0.15) is 0 Å². The van der Waals surface area contributed by atoms with Crippen molar-refractivity contribution < 1.29 is 57.6 Å². The molecule has 0 amide bonds. The van der Waals surface area contributed by atoms with Crippen molar-refractivity contribution >= 4 is 11.9 Å². The minimum absolute atomic E-state index is 0.0130. The van der Waals surface area contributed by atoms with E-state index in [1.165, 1.54) is 52.7 Å². The van der Waals surface area contributed by atoms with E-state index < -0.39 is 18.2 Å². The molecule has 0 atom stereocenters. The number of carbonyl (C=O) groups excluding carboxylic acids is 2. The van der Waals surface area contributed by atoms with Crippen LogP contribution in [0.15, 0.2) is 36.4 Å². The second-order valence-corrected chi connectivity index (χ2v) is 6.58. The highest BCUT2D eigenvalue weighted by Crippen LogP contribution is 2.27. The van der Waals surface area contributed by atoms with Gasteiger partial charge in [0, 0.05) is 6.61 Å². The van der Waals surface area contributed by atoms with Crippen molar-refractivity contribution in [3.05, 3.63) is 60.7 Å². The first-order chi connectivity index (χ1) is 17.5. The van der Waals surface area contributed by atoms with E-state index in [1.54, 1.807) is 12.1 Å². The van der Waals surface area contributed by atoms with Crippen molar-refractivity contribution in [2.24, 2.45) is 0 Å². The molecule has 0 bridgehead atoms. The van der Waals surface area contributed by atoms with Crippen molar-refractivity contribution in [3.8, 4) is 23.0 Å². The number of carbonyl (C=O) groups is 2. The summed E-state index contributed by atoms with van der Waals surface area (Å²) in [7, 11) is 5.64. The Morgan fingerprint density at radius 3 is 1.56 bits per heavy atom. The van der Waals surface area contributed by atoms with Crippen LogP contribution in [0, 0.1) is 13.2 Å². The monoisotopic (exact) mass is 508 g/mol. The van der Waals surface area contributed by atoms with Gasteiger partial charge >= 0.3 is 18.2 Å². The average Bonchev–Trinajstić information content (AvgIpc) is 2.92. The Balaban J connectivity index is 2.07. The molecule has 0 aliphatic rings. The maximum absolute atomic E-state index is 12.6. The van der Waals surface area contributed by atoms with Crippen LogP contribution in [0.3, 0.4) is 0 Å². The molecule has 0 aliphatic carbocycles. The molecule has 12 nitrogen and oxygen atoms in total. The largest absolute Gasteiger partial charge is 0.497 e. The summed E-state index contributed by atoms with van der Waals surface area (Å²) in [6.45, 7) is 3.79. The summed E-state index contributed by atoms with van der Waals surface area (Å²) in [5.41, 5.74) is 0.0261. The lowest BCUT2D eigenvalue weighted by Gasteiger charge is -2.15. The van der Waals surface area contributed by atoms with Crippen LogP contribution >= 0.6 is 0 Å². The third kappa shape index (κ3) is 8.57. The summed E-state index contributed by atoms with van der Waals surface area (Å²) in [6, 6.07) is 9.03. The normalized spacial score (nSPS) is 10.6. The Bertz CT molecular complexity index is 906. The summed E-state index contributed by atoms with van der Waals surface area (Å²) in [6.07, 6.45) is -0.491. The quantitative estimate of drug-likeness (QED) is 0.188. The smallest absolute Gasteiger partial charge is 0.377 e. The molecule has 0 saturated carbocycles. The molecule has 2 rings (SSSR count). The Hall–Kier alpha value is -3.58. The van der Waals surface area contributed by atoms with Crippen molar-refractivity contribution in [1.82, 2.24) is 0 Å². The number of hydrogen-bond donors (Lipinski definition) is 0. The standard InChI is InChI=1S/C24H28O12/c1-6-31-11-12-32-15-22(33-35-23(25)18-13-16(27-2)7-9-20(18)29-4)34-36-24(26)19-14-17(28-3)8-10-21(19)30-5/h7-10,13-14H,1,6,11-12,15H2,2-5H3. The number of methoxy groups -OCH3 is 4. The number of ether oxygens (including phenoxy) is 6. The molecule has 196 valence electrons. The van der Waals surface area contributed by atoms with Crippen LogP contribution in [0.25, 0.3) is 0 Å². The third-order valence-corrected chi connectivity index (χ3v) is 4.41. The molecule has 2 radical (unpaired) electrons. The highest BCUT2D eigenvalue weighted by Gasteiger charge is 2.25. The van der Waals surface area contributed by atoms with Crippen LogP contribution in [0.5, 0.6) is 23.0 Å². The Morgan fingerprint density at radius 2 is 1.14 bits per heavy atom. The number of benzene rings is 2. The van der Waals surface area contributed by atoms with E-state index in [0.29, 0.717) is 11.5 Å². The van der Waals surface area contributed by atoms with E-state index in [2.05, 4.69) is 6.92 Å². The van der Waals surface area contributed by atoms with Crippen molar-refractivity contribution in [2.75, 3.05) is 54.9 Å². The SMILES string of the molecule is [CH2]COCCOC[C](OOC(=O)c1cc(OC)ccc1OC)OOC(=O)c1cc(OC)ccc1OC. The first-order valence-corrected chi connectivity index (χ1v) is 10.5. The van der Waals surface area contributed by atoms with Gasteiger partial charge in [0.05, 0.1) is 41.7 Å². The third-order valence-electron chi connectivity index (χ3n) is 4.41. The summed E-state index contributed by atoms with van der Waals surface area (Å²) in [5.74, 6) is -0.674. The molecule has 0 N–H and O–H groups in total. The zero-order valence-electron chi connectivity index (χ0n) is 20.4. The van der Waals surface area contributed by atoms with Gasteiger partial charge in [0.25, 0.3) is 0 Å². The van der Waals surface area contributed by atoms with Gasteiger partial charge in [-0.25, -0.2) is 9.59 Å². The predicted molar refractivity (Wildman–Crippen MR) is 122 cm³/mol. The van der Waals surface area contributed by atoms with E-state index >= 15 is 0 Å². The van der Waals surface area contributed by atoms with Gasteiger partial charge in [0.2, 0.25) is 0 Å². The molecule has 0 saturated heterocycles. The number of rotatable bonds is 16. The van der Waals surface area contributed by atoms with E-state index in [-0.39, 0.29) is 49.1 Å². The lowest BCUT2D eigenvalue weighted by Crippen LogP contribution is -2.21. The van der Waals surface area contributed by atoms with Crippen LogP contribution in [-0.4, -0.2) is 66.8 Å². The Kier molecular flexibility index (Phi) is 12.3. The van der Waals surface area contributed by atoms with Gasteiger partial charge < -0.3 is 28.4 Å². The van der Waals surface area contributed by atoms with Crippen LogP contribution in [0.4, 0.5) is 0 Å². The molecular weight excluding hydrogens is 480 g/mol. The molecule has 0 aromatic heterocycles. The molecule has 12 heteroatoms. The van der Waals surface area contributed by atoms with Crippen molar-refractivity contribution in [3.63, 3.8) is 0 Å². The predicted octanol–water partition coefficient (Wildman–Crippen LogP) is 2.95. The summed E-state index contributed by atoms with van der Waals surface area (Å²) < 4.78 is 30.9. The lowest BCUT2D eigenvalue weighted by molar-refractivity contribution is -0.368. The van der Waals surface area contributed by atoms with Gasteiger partial charge in [-0.1, -0.05) is 0 Å². The lowest BCUT2D eigenvalue weighted by atomic mass is 10.2. The molecular formula is C24H28O12. The molecule has 0 spiro atoms. The molecule has 0 fully saturated rings. The zero-order chi connectivity index (χ0) is 26.3. The summed E-state index contributed by atoms with van der Waals surface area (Å²) >= 11 is 0. The molecule has 0 heterocycles. The van der Waals surface area contributed by atoms with E-state index in [4.69, 9.17) is 48.0 Å². The Labute approximate surface area is 208 Å². The van der Waals surface area contributed by atoms with E-state index in [9.17, 15) is 9.59 Å². The zero-order valence-corrected chi connectivity index (χ0v) is 20.4. The minimum atomic E-state index is -0.937. The molecule has 2 aromatic rings. The number of hydrogen-bond acceptors (Lipinski definition) is 12. The molecule has 2 aromatic carbocycles. The maximum Gasteiger partial charge on any atom is 0.377 e. The highest BCUT2D eigenvalue weighted by atomic mass is 17.3. The van der Waals surface area contributed by atoms with E-state index in [1.807, 2.05) is 0 Å². The highest BCUT2D eigenvalue weighted by molar-refractivity contribution is 5.93. The minimum Gasteiger partial charge on any atom is -0.497 e. The average molecular weight is 508 g/mol. The van der Waals surface area contributed by atoms with Gasteiger partial charge in [-0.3, -0.25) is 9.78 Å². The maximum atomic E-state index is 12.6. The fourth-order valence-corrected chi connectivity index (χ4v) is 2.64. The van der Waals surface area contributed by atoms with E-state index in [0.717, 1.165) is 0 Å². The molecule has 36 heavy (non-hydrogen) atoms. The topological polar surface area (TPSA) is 126 Å². The fraction of sp³-hybridized carbons (Fsp3) is 0.333. The summed E-state index contributed by atoms with van der Waals surface area (Å²) in [4.78, 5) is 44.7. The second-order valence-electron chi connectivity index (χ2n) is 6.58. The van der Waals surface area contributed by atoms with Crippen molar-refractivity contribution in [1.29, 1.82) is 0 Å². The van der Waals surface area contributed by atoms with Gasteiger partial charge in [-0.15, -0.1) is 9.78 Å². The first-order valence-electron chi connectivity index (χ1n) is 10.5. The Morgan fingerprint density at radius 1 is 0.667 bits per heavy atom. The second kappa shape index (κ2) is 15.4. The van der Waals surface area contributed by atoms with Crippen LogP contribution in [0.1, 0.15) is 20.7 Å². The van der Waals surface area contributed by atoms with Crippen LogP contribution in [-0.2, 0) is 29.0 Å². The molecule has 0 aliphatic heterocycles. The fourth-order valence-electron chi connectivity index (χ4n) is 2.64. The summed E-state index contributed by atoms with van der Waals surface area (Å²) in [5, 5.41) is 0. The molecule has 0 unspecified atom stereocenters.